The van der Waals surface area contributed by atoms with Crippen molar-refractivity contribution in [3.05, 3.63) is 41.9 Å². The summed E-state index contributed by atoms with van der Waals surface area (Å²) in [5.41, 5.74) is 0.719. The predicted octanol–water partition coefficient (Wildman–Crippen LogP) is 3.05. The topological polar surface area (TPSA) is 82.5 Å². The van der Waals surface area contributed by atoms with E-state index < -0.39 is 5.97 Å². The number of hydrogen-bond acceptors (Lipinski definition) is 4. The van der Waals surface area contributed by atoms with Gasteiger partial charge in [-0.25, -0.2) is 9.78 Å². The van der Waals surface area contributed by atoms with Gasteiger partial charge < -0.3 is 5.11 Å². The van der Waals surface area contributed by atoms with Crippen LogP contribution in [0.15, 0.2) is 41.9 Å². The third-order valence-electron chi connectivity index (χ3n) is 2.73. The van der Waals surface area contributed by atoms with Crippen LogP contribution in [0.2, 0.25) is 0 Å². The van der Waals surface area contributed by atoms with Crippen molar-refractivity contribution in [2.45, 2.75) is 12.8 Å². The Morgan fingerprint density at radius 1 is 1.29 bits per heavy atom. The summed E-state index contributed by atoms with van der Waals surface area (Å²) < 4.78 is 0. The van der Waals surface area contributed by atoms with E-state index in [1.54, 1.807) is 11.6 Å². The Labute approximate surface area is 126 Å². The van der Waals surface area contributed by atoms with Gasteiger partial charge in [0.05, 0.1) is 0 Å². The summed E-state index contributed by atoms with van der Waals surface area (Å²) in [5.74, 6) is -0.872. The molecule has 1 aromatic heterocycles. The Morgan fingerprint density at radius 3 is 2.67 bits per heavy atom. The summed E-state index contributed by atoms with van der Waals surface area (Å²) in [6.45, 7) is 0.327. The van der Waals surface area contributed by atoms with Crippen molar-refractivity contribution < 1.29 is 14.7 Å². The minimum Gasteiger partial charge on any atom is -0.481 e. The maximum atomic E-state index is 12.3. The number of aliphatic carboxylic acids is 1. The molecule has 2 N–H and O–H groups in total. The molecule has 0 radical (unpaired) electrons. The van der Waals surface area contributed by atoms with Crippen molar-refractivity contribution in [1.29, 1.82) is 0 Å². The van der Waals surface area contributed by atoms with Crippen molar-refractivity contribution in [2.24, 2.45) is 0 Å². The Morgan fingerprint density at radius 2 is 2.05 bits per heavy atom. The van der Waals surface area contributed by atoms with E-state index in [0.29, 0.717) is 18.1 Å². The summed E-state index contributed by atoms with van der Waals surface area (Å²) in [6.07, 6.45) is 2.01. The second-order valence-corrected chi connectivity index (χ2v) is 5.15. The van der Waals surface area contributed by atoms with Gasteiger partial charge in [-0.1, -0.05) is 18.2 Å². The molecule has 7 heteroatoms. The molecule has 0 aliphatic rings. The highest BCUT2D eigenvalue weighted by Gasteiger charge is 2.16. The van der Waals surface area contributed by atoms with E-state index >= 15 is 0 Å². The summed E-state index contributed by atoms with van der Waals surface area (Å²) in [7, 11) is 0. The van der Waals surface area contributed by atoms with E-state index in [1.807, 2.05) is 30.3 Å². The maximum absolute atomic E-state index is 12.3. The first-order valence-electron chi connectivity index (χ1n) is 6.41. The van der Waals surface area contributed by atoms with Gasteiger partial charge in [-0.05, 0) is 18.6 Å². The smallest absolute Gasteiger partial charge is 0.328 e. The van der Waals surface area contributed by atoms with Gasteiger partial charge in [0.2, 0.25) is 0 Å². The molecular formula is C14H15N3O3S. The number of carboxylic acid groups (broad SMARTS) is 1. The fraction of sp³-hybridized carbons (Fsp3) is 0.214. The Balaban J connectivity index is 2.07. The van der Waals surface area contributed by atoms with Crippen LogP contribution < -0.4 is 10.2 Å². The molecule has 0 atom stereocenters. The number of amides is 2. The van der Waals surface area contributed by atoms with Gasteiger partial charge in [0.25, 0.3) is 0 Å². The van der Waals surface area contributed by atoms with Crippen LogP contribution in [0.5, 0.6) is 0 Å². The monoisotopic (exact) mass is 305 g/mol. The van der Waals surface area contributed by atoms with Crippen LogP contribution >= 0.6 is 11.3 Å². The minimum atomic E-state index is -0.872. The minimum absolute atomic E-state index is 0.0217. The number of urea groups is 1. The zero-order chi connectivity index (χ0) is 15.1. The largest absolute Gasteiger partial charge is 0.481 e. The van der Waals surface area contributed by atoms with Crippen LogP contribution in [0, 0.1) is 0 Å². The molecular weight excluding hydrogens is 290 g/mol. The number of rotatable bonds is 6. The third-order valence-corrected chi connectivity index (χ3v) is 3.42. The average Bonchev–Trinajstić information content (AvgIpc) is 2.97. The van der Waals surface area contributed by atoms with Gasteiger partial charge in [0, 0.05) is 30.2 Å². The first-order valence-corrected chi connectivity index (χ1v) is 7.29. The summed E-state index contributed by atoms with van der Waals surface area (Å²) >= 11 is 1.33. The molecule has 2 aromatic rings. The third kappa shape index (κ3) is 4.57. The quantitative estimate of drug-likeness (QED) is 0.859. The number of benzene rings is 1. The van der Waals surface area contributed by atoms with Crippen molar-refractivity contribution in [3.63, 3.8) is 0 Å². The van der Waals surface area contributed by atoms with Gasteiger partial charge in [-0.3, -0.25) is 15.0 Å². The Bertz CT molecular complexity index is 587. The van der Waals surface area contributed by atoms with Crippen LogP contribution in [-0.4, -0.2) is 28.6 Å². The van der Waals surface area contributed by atoms with Gasteiger partial charge in [0.15, 0.2) is 5.13 Å². The number of nitrogens with one attached hydrogen (secondary N) is 1. The molecule has 1 heterocycles. The SMILES string of the molecule is O=C(O)CCCN(C(=O)Nc1nccs1)c1ccccc1. The van der Waals surface area contributed by atoms with Crippen LogP contribution in [0.1, 0.15) is 12.8 Å². The van der Waals surface area contributed by atoms with E-state index in [0.717, 1.165) is 5.69 Å². The molecule has 0 saturated heterocycles. The highest BCUT2D eigenvalue weighted by Crippen LogP contribution is 2.17. The molecule has 2 amide bonds. The van der Waals surface area contributed by atoms with Crippen LogP contribution in [0.4, 0.5) is 15.6 Å². The molecule has 1 aromatic carbocycles. The van der Waals surface area contributed by atoms with E-state index in [4.69, 9.17) is 5.11 Å². The zero-order valence-electron chi connectivity index (χ0n) is 11.2. The number of thiazole rings is 1. The summed E-state index contributed by atoms with van der Waals surface area (Å²) in [6, 6.07) is 8.82. The second-order valence-electron chi connectivity index (χ2n) is 4.25. The molecule has 0 fully saturated rings. The molecule has 110 valence electrons. The number of carbonyl (C=O) groups excluding carboxylic acids is 1. The van der Waals surface area contributed by atoms with E-state index in [1.165, 1.54) is 16.2 Å². The van der Waals surface area contributed by atoms with Crippen molar-refractivity contribution >= 4 is 34.2 Å². The maximum Gasteiger partial charge on any atom is 0.328 e. The zero-order valence-corrected chi connectivity index (χ0v) is 12.0. The van der Waals surface area contributed by atoms with Gasteiger partial charge >= 0.3 is 12.0 Å². The number of para-hydroxylation sites is 1. The first-order chi connectivity index (χ1) is 10.2. The number of anilines is 2. The molecule has 0 aliphatic carbocycles. The number of carboxylic acids is 1. The van der Waals surface area contributed by atoms with Crippen molar-refractivity contribution in [3.8, 4) is 0 Å². The fourth-order valence-corrected chi connectivity index (χ4v) is 2.31. The Kier molecular flexibility index (Phi) is 5.28. The highest BCUT2D eigenvalue weighted by atomic mass is 32.1. The molecule has 0 spiro atoms. The molecule has 2 rings (SSSR count). The van der Waals surface area contributed by atoms with Crippen LogP contribution in [0.3, 0.4) is 0 Å². The van der Waals surface area contributed by atoms with Gasteiger partial charge in [0.1, 0.15) is 0 Å². The number of carbonyl (C=O) groups is 2. The van der Waals surface area contributed by atoms with E-state index in [9.17, 15) is 9.59 Å². The average molecular weight is 305 g/mol. The fourth-order valence-electron chi connectivity index (χ4n) is 1.79. The lowest BCUT2D eigenvalue weighted by Crippen LogP contribution is -2.36. The van der Waals surface area contributed by atoms with Crippen LogP contribution in [0.25, 0.3) is 0 Å². The number of aromatic nitrogens is 1. The molecule has 0 unspecified atom stereocenters. The normalized spacial score (nSPS) is 10.1. The molecule has 0 bridgehead atoms. The summed E-state index contributed by atoms with van der Waals surface area (Å²) in [5, 5.41) is 13.7. The predicted molar refractivity (Wildman–Crippen MR) is 81.8 cm³/mol. The van der Waals surface area contributed by atoms with Crippen molar-refractivity contribution in [2.75, 3.05) is 16.8 Å². The molecule has 0 aliphatic heterocycles. The highest BCUT2D eigenvalue weighted by molar-refractivity contribution is 7.13. The Hall–Kier alpha value is -2.41. The number of hydrogen-bond donors (Lipinski definition) is 2. The molecule has 6 nitrogen and oxygen atoms in total. The lowest BCUT2D eigenvalue weighted by atomic mass is 10.2. The molecule has 0 saturated carbocycles. The van der Waals surface area contributed by atoms with Gasteiger partial charge in [-0.15, -0.1) is 11.3 Å². The van der Waals surface area contributed by atoms with Crippen molar-refractivity contribution in [1.82, 2.24) is 4.98 Å². The van der Waals surface area contributed by atoms with E-state index in [2.05, 4.69) is 10.3 Å². The lowest BCUT2D eigenvalue weighted by Gasteiger charge is -2.22. The first kappa shape index (κ1) is 15.0. The van der Waals surface area contributed by atoms with Gasteiger partial charge in [-0.2, -0.15) is 0 Å². The number of nitrogens with zero attached hydrogens (tertiary/aromatic N) is 2. The summed E-state index contributed by atoms with van der Waals surface area (Å²) in [4.78, 5) is 28.5. The standard InChI is InChI=1S/C14H15N3O3S/c18-12(19)7-4-9-17(11-5-2-1-3-6-11)14(20)16-13-15-8-10-21-13/h1-3,5-6,8,10H,4,7,9H2,(H,18,19)(H,15,16,20). The van der Waals surface area contributed by atoms with E-state index in [-0.39, 0.29) is 12.5 Å². The molecule has 21 heavy (non-hydrogen) atoms. The second kappa shape index (κ2) is 7.39. The van der Waals surface area contributed by atoms with Crippen LogP contribution in [-0.2, 0) is 4.79 Å². The lowest BCUT2D eigenvalue weighted by molar-refractivity contribution is -0.137.